The first-order chi connectivity index (χ1) is 16.6. The molecular formula is C26H36F3N3O3. The van der Waals surface area contributed by atoms with E-state index >= 15 is 0 Å². The number of alkyl halides is 3. The molecule has 3 atom stereocenters. The Morgan fingerprint density at radius 1 is 1.14 bits per heavy atom. The molecule has 1 spiro atoms. The molecule has 1 aromatic carbocycles. The molecule has 1 aromatic rings. The Morgan fingerprint density at radius 3 is 2.46 bits per heavy atom. The van der Waals surface area contributed by atoms with Crippen molar-refractivity contribution in [2.24, 2.45) is 17.3 Å². The number of rotatable bonds is 4. The molecule has 4 heterocycles. The van der Waals surface area contributed by atoms with Crippen LogP contribution >= 0.6 is 0 Å². The van der Waals surface area contributed by atoms with Crippen LogP contribution in [0.3, 0.4) is 0 Å². The van der Waals surface area contributed by atoms with Gasteiger partial charge in [0.05, 0.1) is 13.2 Å². The van der Waals surface area contributed by atoms with Crippen LogP contribution in [0, 0.1) is 24.2 Å². The van der Waals surface area contributed by atoms with E-state index in [0.29, 0.717) is 24.9 Å². The highest BCUT2D eigenvalue weighted by atomic mass is 19.4. The van der Waals surface area contributed by atoms with Gasteiger partial charge in [-0.1, -0.05) is 12.1 Å². The van der Waals surface area contributed by atoms with Gasteiger partial charge < -0.3 is 19.3 Å². The van der Waals surface area contributed by atoms with Gasteiger partial charge in [0.25, 0.3) is 0 Å². The zero-order valence-corrected chi connectivity index (χ0v) is 20.6. The summed E-state index contributed by atoms with van der Waals surface area (Å²) >= 11 is 0. The lowest BCUT2D eigenvalue weighted by atomic mass is 9.78. The van der Waals surface area contributed by atoms with E-state index in [-0.39, 0.29) is 5.41 Å². The van der Waals surface area contributed by atoms with E-state index in [4.69, 9.17) is 4.74 Å². The number of anilines is 1. The summed E-state index contributed by atoms with van der Waals surface area (Å²) in [5.41, 5.74) is 4.10. The van der Waals surface area contributed by atoms with E-state index in [1.165, 1.54) is 21.7 Å². The molecule has 4 aliphatic rings. The Morgan fingerprint density at radius 2 is 1.80 bits per heavy atom. The quantitative estimate of drug-likeness (QED) is 0.618. The van der Waals surface area contributed by atoms with Gasteiger partial charge >= 0.3 is 12.3 Å². The Bertz CT molecular complexity index is 920. The molecule has 0 bridgehead atoms. The van der Waals surface area contributed by atoms with Crippen molar-refractivity contribution < 1.29 is 27.4 Å². The number of nitrogens with zero attached hydrogens (tertiary/aromatic N) is 3. The van der Waals surface area contributed by atoms with Crippen molar-refractivity contribution in [1.82, 2.24) is 9.80 Å². The van der Waals surface area contributed by atoms with E-state index in [0.717, 1.165) is 72.1 Å². The molecule has 3 unspecified atom stereocenters. The number of amides is 1. The van der Waals surface area contributed by atoms with Gasteiger partial charge in [-0.25, -0.2) is 4.79 Å². The zero-order valence-electron chi connectivity index (χ0n) is 20.6. The summed E-state index contributed by atoms with van der Waals surface area (Å²) in [4.78, 5) is 18.7. The van der Waals surface area contributed by atoms with Crippen LogP contribution in [0.15, 0.2) is 18.2 Å². The minimum absolute atomic E-state index is 0.124. The maximum atomic E-state index is 12.7. The van der Waals surface area contributed by atoms with Crippen LogP contribution in [0.25, 0.3) is 0 Å². The summed E-state index contributed by atoms with van der Waals surface area (Å²) in [6.45, 7) is 10.6. The van der Waals surface area contributed by atoms with Crippen molar-refractivity contribution in [2.75, 3.05) is 57.4 Å². The van der Waals surface area contributed by atoms with Gasteiger partial charge in [-0.2, -0.15) is 13.2 Å². The number of benzene rings is 1. The Balaban J connectivity index is 1.17. The monoisotopic (exact) mass is 495 g/mol. The predicted molar refractivity (Wildman–Crippen MR) is 126 cm³/mol. The molecule has 194 valence electrons. The van der Waals surface area contributed by atoms with Gasteiger partial charge in [-0.15, -0.1) is 0 Å². The van der Waals surface area contributed by atoms with Crippen molar-refractivity contribution in [3.8, 4) is 0 Å². The van der Waals surface area contributed by atoms with Crippen molar-refractivity contribution in [3.05, 3.63) is 29.3 Å². The lowest BCUT2D eigenvalue weighted by Crippen LogP contribution is -2.46. The smallest absolute Gasteiger partial charge is 0.425 e. The summed E-state index contributed by atoms with van der Waals surface area (Å²) in [5.74, 6) is 1.27. The molecule has 0 saturated carbocycles. The standard InChI is InChI=1S/C26H36F3N3O3/c1-18-3-4-20(23(11-18)32-13-21-15-34-16-22(21)14-32)12-30-8-5-25(17-30)6-9-31(10-7-25)24(33)35-19(2)26(27,28)29/h3-4,11,19,21-22H,5-10,12-17H2,1-2H3. The number of likely N-dealkylation sites (tertiary alicyclic amines) is 2. The normalized spacial score (nSPS) is 27.5. The first-order valence-corrected chi connectivity index (χ1v) is 12.8. The fourth-order valence-corrected chi connectivity index (χ4v) is 6.25. The summed E-state index contributed by atoms with van der Waals surface area (Å²) in [7, 11) is 0. The summed E-state index contributed by atoms with van der Waals surface area (Å²) in [5, 5.41) is 0. The molecule has 4 saturated heterocycles. The number of piperidine rings is 1. The number of carbonyl (C=O) groups is 1. The van der Waals surface area contributed by atoms with Crippen molar-refractivity contribution in [3.63, 3.8) is 0 Å². The van der Waals surface area contributed by atoms with E-state index in [2.05, 4.69) is 39.7 Å². The third kappa shape index (κ3) is 5.26. The second-order valence-corrected chi connectivity index (χ2v) is 11.1. The number of fused-ring (bicyclic) bond motifs is 1. The molecule has 4 aliphatic heterocycles. The maximum absolute atomic E-state index is 12.7. The average molecular weight is 496 g/mol. The molecule has 5 rings (SSSR count). The molecule has 0 aromatic heterocycles. The molecule has 4 fully saturated rings. The first-order valence-electron chi connectivity index (χ1n) is 12.8. The largest absolute Gasteiger partial charge is 0.437 e. The average Bonchev–Trinajstić information content (AvgIpc) is 3.50. The van der Waals surface area contributed by atoms with Gasteiger partial charge in [-0.3, -0.25) is 4.90 Å². The highest BCUT2D eigenvalue weighted by molar-refractivity contribution is 5.68. The van der Waals surface area contributed by atoms with Gasteiger partial charge in [0.15, 0.2) is 6.10 Å². The summed E-state index contributed by atoms with van der Waals surface area (Å²) in [6, 6.07) is 6.77. The van der Waals surface area contributed by atoms with Crippen LogP contribution in [-0.2, 0) is 16.0 Å². The van der Waals surface area contributed by atoms with Crippen molar-refractivity contribution in [2.45, 2.75) is 51.9 Å². The summed E-state index contributed by atoms with van der Waals surface area (Å²) in [6.07, 6.45) is -4.82. The van der Waals surface area contributed by atoms with E-state index in [1.807, 2.05) is 0 Å². The number of aryl methyl sites for hydroxylation is 1. The third-order valence-electron chi connectivity index (χ3n) is 8.55. The highest BCUT2D eigenvalue weighted by Gasteiger charge is 2.44. The van der Waals surface area contributed by atoms with Gasteiger partial charge in [0.1, 0.15) is 0 Å². The van der Waals surface area contributed by atoms with Crippen LogP contribution in [0.2, 0.25) is 0 Å². The van der Waals surface area contributed by atoms with Gasteiger partial charge in [-0.05, 0) is 62.3 Å². The number of halogens is 3. The fourth-order valence-electron chi connectivity index (χ4n) is 6.25. The van der Waals surface area contributed by atoms with Crippen LogP contribution in [-0.4, -0.2) is 80.7 Å². The number of carbonyl (C=O) groups excluding carboxylic acids is 1. The van der Waals surface area contributed by atoms with E-state index < -0.39 is 18.4 Å². The molecule has 35 heavy (non-hydrogen) atoms. The molecule has 1 amide bonds. The maximum Gasteiger partial charge on any atom is 0.425 e. The van der Waals surface area contributed by atoms with Gasteiger partial charge in [0, 0.05) is 56.8 Å². The first kappa shape index (κ1) is 24.7. The molecule has 6 nitrogen and oxygen atoms in total. The minimum atomic E-state index is -4.53. The lowest BCUT2D eigenvalue weighted by Gasteiger charge is -2.39. The molecule has 9 heteroatoms. The van der Waals surface area contributed by atoms with Crippen LogP contribution in [0.1, 0.15) is 37.3 Å². The number of hydrogen-bond acceptors (Lipinski definition) is 5. The Hall–Kier alpha value is -2.00. The predicted octanol–water partition coefficient (Wildman–Crippen LogP) is 4.45. The van der Waals surface area contributed by atoms with Crippen LogP contribution < -0.4 is 4.90 Å². The minimum Gasteiger partial charge on any atom is -0.437 e. The molecule has 0 radical (unpaired) electrons. The molecule has 0 N–H and O–H groups in total. The van der Waals surface area contributed by atoms with Crippen molar-refractivity contribution >= 4 is 11.8 Å². The second kappa shape index (κ2) is 9.47. The van der Waals surface area contributed by atoms with E-state index in [9.17, 15) is 18.0 Å². The SMILES string of the molecule is Cc1ccc(CN2CCC3(CCN(C(=O)OC(C)C(F)(F)F)CC3)C2)c(N2CC3COCC3C2)c1. The Kier molecular flexibility index (Phi) is 6.68. The van der Waals surface area contributed by atoms with Crippen LogP contribution in [0.5, 0.6) is 0 Å². The lowest BCUT2D eigenvalue weighted by molar-refractivity contribution is -0.200. The number of ether oxygens (including phenoxy) is 2. The number of hydrogen-bond donors (Lipinski definition) is 0. The Labute approximate surface area is 205 Å². The zero-order chi connectivity index (χ0) is 24.8. The van der Waals surface area contributed by atoms with Gasteiger partial charge in [0.2, 0.25) is 0 Å². The summed E-state index contributed by atoms with van der Waals surface area (Å²) < 4.78 is 48.5. The van der Waals surface area contributed by atoms with E-state index in [1.54, 1.807) is 0 Å². The van der Waals surface area contributed by atoms with Crippen LogP contribution in [0.4, 0.5) is 23.7 Å². The van der Waals surface area contributed by atoms with Crippen molar-refractivity contribution in [1.29, 1.82) is 0 Å². The molecule has 0 aliphatic carbocycles. The fraction of sp³-hybridized carbons (Fsp3) is 0.731. The molecular weight excluding hydrogens is 459 g/mol. The highest BCUT2D eigenvalue weighted by Crippen LogP contribution is 2.42. The third-order valence-corrected chi connectivity index (χ3v) is 8.55. The second-order valence-electron chi connectivity index (χ2n) is 11.1. The topological polar surface area (TPSA) is 45.2 Å².